The van der Waals surface area contributed by atoms with Gasteiger partial charge in [-0.15, -0.1) is 0 Å². The fourth-order valence-electron chi connectivity index (χ4n) is 4.63. The molecule has 0 bridgehead atoms. The lowest BCUT2D eigenvalue weighted by atomic mass is 9.96. The van der Waals surface area contributed by atoms with Gasteiger partial charge in [0.1, 0.15) is 18.2 Å². The highest BCUT2D eigenvalue weighted by Gasteiger charge is 2.33. The number of esters is 1. The van der Waals surface area contributed by atoms with Crippen molar-refractivity contribution >= 4 is 35.0 Å². The maximum absolute atomic E-state index is 14.1. The smallest absolute Gasteiger partial charge is 0.338 e. The van der Waals surface area contributed by atoms with E-state index in [0.29, 0.717) is 37.5 Å². The van der Waals surface area contributed by atoms with Gasteiger partial charge in [-0.25, -0.2) is 18.6 Å². The Balaban J connectivity index is 1.58. The third-order valence-electron chi connectivity index (χ3n) is 6.58. The van der Waals surface area contributed by atoms with E-state index in [-0.39, 0.29) is 29.6 Å². The molecule has 0 spiro atoms. The Hall–Kier alpha value is -4.28. The molecule has 0 saturated heterocycles. The molecule has 1 atom stereocenters. The predicted octanol–water partition coefficient (Wildman–Crippen LogP) is 5.32. The van der Waals surface area contributed by atoms with Gasteiger partial charge in [0, 0.05) is 5.56 Å². The summed E-state index contributed by atoms with van der Waals surface area (Å²) in [6, 6.07) is 14.2. The molecule has 0 saturated carbocycles. The largest absolute Gasteiger partial charge is 0.493 e. The van der Waals surface area contributed by atoms with Crippen molar-refractivity contribution in [1.82, 2.24) is 4.57 Å². The Bertz CT molecular complexity index is 1880. The molecule has 0 amide bonds. The van der Waals surface area contributed by atoms with E-state index in [0.717, 1.165) is 11.3 Å². The molecule has 5 rings (SSSR count). The third kappa shape index (κ3) is 5.73. The van der Waals surface area contributed by atoms with Crippen LogP contribution in [0.5, 0.6) is 11.5 Å². The van der Waals surface area contributed by atoms with Gasteiger partial charge >= 0.3 is 5.97 Å². The van der Waals surface area contributed by atoms with Crippen LogP contribution in [0.15, 0.2) is 81.7 Å². The van der Waals surface area contributed by atoms with Gasteiger partial charge in [0.05, 0.1) is 40.6 Å². The van der Waals surface area contributed by atoms with E-state index in [1.165, 1.54) is 42.0 Å². The molecular weight excluding hydrogens is 586 g/mol. The summed E-state index contributed by atoms with van der Waals surface area (Å²) in [6.07, 6.45) is 1.63. The average Bonchev–Trinajstić information content (AvgIpc) is 3.26. The number of aromatic nitrogens is 1. The summed E-state index contributed by atoms with van der Waals surface area (Å²) >= 11 is 7.67. The number of benzene rings is 3. The standard InChI is InChI=1S/C31H25ClF2N2O5S/c1-4-40-30(38)26-17(2)35-31-36(27(26)19-9-11-21(33)12-10-19)29(37)25(42-31)15-18-13-22(32)28(24(14-18)39-3)41-16-20-7-5-6-8-23(20)34/h5-15,27H,4,16H2,1-3H3/b25-15-/t27-/m1/s1. The van der Waals surface area contributed by atoms with Crippen LogP contribution in [0, 0.1) is 11.6 Å². The topological polar surface area (TPSA) is 79.1 Å². The fourth-order valence-corrected chi connectivity index (χ4v) is 5.95. The Morgan fingerprint density at radius 2 is 1.88 bits per heavy atom. The number of hydrogen-bond donors (Lipinski definition) is 0. The first-order valence-corrected chi connectivity index (χ1v) is 14.1. The van der Waals surface area contributed by atoms with E-state index in [1.807, 2.05) is 0 Å². The van der Waals surface area contributed by atoms with Crippen LogP contribution in [0.25, 0.3) is 6.08 Å². The zero-order chi connectivity index (χ0) is 30.0. The number of thiazole rings is 1. The molecule has 2 heterocycles. The highest BCUT2D eigenvalue weighted by Crippen LogP contribution is 2.37. The van der Waals surface area contributed by atoms with E-state index < -0.39 is 29.2 Å². The van der Waals surface area contributed by atoms with E-state index in [9.17, 15) is 18.4 Å². The van der Waals surface area contributed by atoms with Crippen molar-refractivity contribution in [2.24, 2.45) is 4.99 Å². The van der Waals surface area contributed by atoms with Gasteiger partial charge in [0.2, 0.25) is 0 Å². The molecule has 11 heteroatoms. The number of hydrogen-bond acceptors (Lipinski definition) is 7. The maximum Gasteiger partial charge on any atom is 0.338 e. The quantitative estimate of drug-likeness (QED) is 0.253. The second kappa shape index (κ2) is 12.3. The predicted molar refractivity (Wildman–Crippen MR) is 156 cm³/mol. The zero-order valence-electron chi connectivity index (χ0n) is 22.8. The van der Waals surface area contributed by atoms with E-state index in [2.05, 4.69) is 4.99 Å². The van der Waals surface area contributed by atoms with Crippen LogP contribution in [0.2, 0.25) is 5.02 Å². The molecule has 0 fully saturated rings. The van der Waals surface area contributed by atoms with Gasteiger partial charge in [0.15, 0.2) is 16.3 Å². The Labute approximate surface area is 248 Å². The molecule has 7 nitrogen and oxygen atoms in total. The Morgan fingerprint density at radius 3 is 2.57 bits per heavy atom. The molecule has 1 aliphatic rings. The Morgan fingerprint density at radius 1 is 1.14 bits per heavy atom. The van der Waals surface area contributed by atoms with Crippen LogP contribution in [-0.2, 0) is 16.1 Å². The summed E-state index contributed by atoms with van der Waals surface area (Å²) in [5.41, 5.74) is 1.62. The highest BCUT2D eigenvalue weighted by atomic mass is 35.5. The van der Waals surface area contributed by atoms with Crippen molar-refractivity contribution < 1.29 is 27.8 Å². The van der Waals surface area contributed by atoms with Crippen molar-refractivity contribution in [3.63, 3.8) is 0 Å². The summed E-state index contributed by atoms with van der Waals surface area (Å²) in [7, 11) is 1.45. The van der Waals surface area contributed by atoms with Gasteiger partial charge in [0.25, 0.3) is 5.56 Å². The fraction of sp³-hybridized carbons (Fsp3) is 0.194. The van der Waals surface area contributed by atoms with Crippen molar-refractivity contribution in [3.05, 3.63) is 125 Å². The normalized spacial score (nSPS) is 14.8. The first kappa shape index (κ1) is 29.2. The molecule has 3 aromatic carbocycles. The van der Waals surface area contributed by atoms with Gasteiger partial charge in [-0.2, -0.15) is 0 Å². The van der Waals surface area contributed by atoms with Crippen molar-refractivity contribution in [2.45, 2.75) is 26.5 Å². The molecular formula is C31H25ClF2N2O5S. The van der Waals surface area contributed by atoms with Crippen LogP contribution in [0.1, 0.15) is 36.6 Å². The molecule has 216 valence electrons. The van der Waals surface area contributed by atoms with Gasteiger partial charge < -0.3 is 14.2 Å². The number of rotatable bonds is 8. The number of carbonyl (C=O) groups excluding carboxylic acids is 1. The second-order valence-corrected chi connectivity index (χ2v) is 10.7. The lowest BCUT2D eigenvalue weighted by Gasteiger charge is -2.24. The van der Waals surface area contributed by atoms with Gasteiger partial charge in [-0.3, -0.25) is 9.36 Å². The van der Waals surface area contributed by atoms with Crippen molar-refractivity contribution in [3.8, 4) is 11.5 Å². The highest BCUT2D eigenvalue weighted by molar-refractivity contribution is 7.07. The molecule has 42 heavy (non-hydrogen) atoms. The number of allylic oxidation sites excluding steroid dienone is 1. The SMILES string of the molecule is CCOC(=O)C1=C(C)N=c2s/c(=C\c3cc(Cl)c(OCc4ccccc4F)c(OC)c3)c(=O)n2[C@@H]1c1ccc(F)cc1. The van der Waals surface area contributed by atoms with Crippen LogP contribution < -0.4 is 24.4 Å². The lowest BCUT2D eigenvalue weighted by molar-refractivity contribution is -0.139. The molecule has 1 aliphatic heterocycles. The van der Waals surface area contributed by atoms with Crippen LogP contribution in [-0.4, -0.2) is 24.3 Å². The first-order valence-electron chi connectivity index (χ1n) is 12.9. The van der Waals surface area contributed by atoms with Gasteiger partial charge in [-0.1, -0.05) is 53.3 Å². The molecule has 0 N–H and O–H groups in total. The van der Waals surface area contributed by atoms with Crippen LogP contribution >= 0.6 is 22.9 Å². The minimum Gasteiger partial charge on any atom is -0.493 e. The van der Waals surface area contributed by atoms with Crippen LogP contribution in [0.3, 0.4) is 0 Å². The van der Waals surface area contributed by atoms with Crippen molar-refractivity contribution in [2.75, 3.05) is 13.7 Å². The van der Waals surface area contributed by atoms with E-state index in [1.54, 1.807) is 50.3 Å². The number of halogens is 3. The maximum atomic E-state index is 14.1. The first-order chi connectivity index (χ1) is 20.2. The summed E-state index contributed by atoms with van der Waals surface area (Å²) < 4.78 is 46.1. The molecule has 0 unspecified atom stereocenters. The number of carbonyl (C=O) groups is 1. The number of methoxy groups -OCH3 is 1. The summed E-state index contributed by atoms with van der Waals surface area (Å²) in [5.74, 6) is -0.934. The molecule has 0 radical (unpaired) electrons. The van der Waals surface area contributed by atoms with E-state index >= 15 is 0 Å². The minimum absolute atomic E-state index is 0.0633. The number of fused-ring (bicyclic) bond motifs is 1. The minimum atomic E-state index is -0.865. The van der Waals surface area contributed by atoms with E-state index in [4.69, 9.17) is 25.8 Å². The third-order valence-corrected chi connectivity index (χ3v) is 7.85. The monoisotopic (exact) mass is 610 g/mol. The summed E-state index contributed by atoms with van der Waals surface area (Å²) in [5, 5.41) is 0.203. The second-order valence-electron chi connectivity index (χ2n) is 9.27. The molecule has 1 aromatic heterocycles. The average molecular weight is 611 g/mol. The van der Waals surface area contributed by atoms with Crippen LogP contribution in [0.4, 0.5) is 8.78 Å². The van der Waals surface area contributed by atoms with Gasteiger partial charge in [-0.05, 0) is 61.4 Å². The summed E-state index contributed by atoms with van der Waals surface area (Å²) in [6.45, 7) is 3.43. The summed E-state index contributed by atoms with van der Waals surface area (Å²) in [4.78, 5) is 31.7. The zero-order valence-corrected chi connectivity index (χ0v) is 24.4. The Kier molecular flexibility index (Phi) is 8.56. The van der Waals surface area contributed by atoms with Crippen molar-refractivity contribution in [1.29, 1.82) is 0 Å². The lowest BCUT2D eigenvalue weighted by Crippen LogP contribution is -2.39. The molecule has 4 aromatic rings. The molecule has 0 aliphatic carbocycles. The number of nitrogens with zero attached hydrogens (tertiary/aromatic N) is 2. The number of ether oxygens (including phenoxy) is 3.